The van der Waals surface area contributed by atoms with E-state index in [0.717, 1.165) is 25.0 Å². The number of carbonyl (C=O) groups excluding carboxylic acids is 1. The van der Waals surface area contributed by atoms with Crippen LogP contribution in [0.3, 0.4) is 0 Å². The van der Waals surface area contributed by atoms with Crippen LogP contribution in [0.2, 0.25) is 0 Å². The predicted octanol–water partition coefficient (Wildman–Crippen LogP) is 3.73. The molecule has 28 heavy (non-hydrogen) atoms. The standard InChI is InChI=1S/C21H21N5O2/c1-15-13-19(28-16-7-3-2-4-8-16)25-20(24-15)18-9-5-6-12-26(18)21(27)17-14-22-10-11-23-17/h2-4,7-8,10-11,13-14,18H,5-6,9,12H2,1H3. The van der Waals surface area contributed by atoms with Gasteiger partial charge in [0.2, 0.25) is 5.88 Å². The van der Waals surface area contributed by atoms with Crippen LogP contribution in [-0.4, -0.2) is 37.3 Å². The van der Waals surface area contributed by atoms with Gasteiger partial charge in [0.1, 0.15) is 11.4 Å². The summed E-state index contributed by atoms with van der Waals surface area (Å²) in [6, 6.07) is 11.1. The molecule has 1 aliphatic rings. The van der Waals surface area contributed by atoms with Crippen LogP contribution >= 0.6 is 0 Å². The Balaban J connectivity index is 1.63. The fourth-order valence-corrected chi connectivity index (χ4v) is 3.37. The minimum atomic E-state index is -0.207. The SMILES string of the molecule is Cc1cc(Oc2ccccc2)nc(C2CCCCN2C(=O)c2cnccn2)n1. The highest BCUT2D eigenvalue weighted by atomic mass is 16.5. The van der Waals surface area contributed by atoms with Crippen LogP contribution in [0.1, 0.15) is 47.3 Å². The fraction of sp³-hybridized carbons (Fsp3) is 0.286. The van der Waals surface area contributed by atoms with E-state index in [0.29, 0.717) is 29.7 Å². The molecule has 7 heteroatoms. The minimum absolute atomic E-state index is 0.145. The second-order valence-electron chi connectivity index (χ2n) is 6.72. The molecule has 7 nitrogen and oxygen atoms in total. The maximum atomic E-state index is 13.0. The summed E-state index contributed by atoms with van der Waals surface area (Å²) in [5.74, 6) is 1.64. The van der Waals surface area contributed by atoms with Crippen LogP contribution in [-0.2, 0) is 0 Å². The molecule has 1 fully saturated rings. The molecule has 1 amide bonds. The summed E-state index contributed by atoms with van der Waals surface area (Å²) in [4.78, 5) is 32.2. The van der Waals surface area contributed by atoms with E-state index in [4.69, 9.17) is 4.74 Å². The first-order chi connectivity index (χ1) is 13.7. The molecule has 1 atom stereocenters. The molecule has 1 aromatic carbocycles. The zero-order chi connectivity index (χ0) is 19.3. The molecule has 1 unspecified atom stereocenters. The second-order valence-corrected chi connectivity index (χ2v) is 6.72. The van der Waals surface area contributed by atoms with Crippen molar-refractivity contribution in [2.75, 3.05) is 6.54 Å². The van der Waals surface area contributed by atoms with Crippen molar-refractivity contribution < 1.29 is 9.53 Å². The lowest BCUT2D eigenvalue weighted by molar-refractivity contribution is 0.0592. The first-order valence-electron chi connectivity index (χ1n) is 9.36. The highest BCUT2D eigenvalue weighted by Gasteiger charge is 2.31. The topological polar surface area (TPSA) is 81.1 Å². The van der Waals surface area contributed by atoms with E-state index in [9.17, 15) is 4.79 Å². The predicted molar refractivity (Wildman–Crippen MR) is 103 cm³/mol. The molecule has 3 heterocycles. The van der Waals surface area contributed by atoms with Crippen LogP contribution in [0.15, 0.2) is 55.0 Å². The summed E-state index contributed by atoms with van der Waals surface area (Å²) in [7, 11) is 0. The lowest BCUT2D eigenvalue weighted by Gasteiger charge is -2.34. The van der Waals surface area contributed by atoms with Crippen LogP contribution in [0.4, 0.5) is 0 Å². The summed E-state index contributed by atoms with van der Waals surface area (Å²) >= 11 is 0. The molecule has 0 saturated carbocycles. The average Bonchev–Trinajstić information content (AvgIpc) is 2.74. The van der Waals surface area contributed by atoms with Gasteiger partial charge in [0, 0.05) is 30.7 Å². The van der Waals surface area contributed by atoms with Crippen molar-refractivity contribution in [3.05, 3.63) is 72.2 Å². The van der Waals surface area contributed by atoms with Gasteiger partial charge in [-0.15, -0.1) is 0 Å². The second kappa shape index (κ2) is 8.12. The maximum absolute atomic E-state index is 13.0. The number of benzene rings is 1. The summed E-state index contributed by atoms with van der Waals surface area (Å²) in [5, 5.41) is 0. The number of rotatable bonds is 4. The summed E-state index contributed by atoms with van der Waals surface area (Å²) < 4.78 is 5.89. The van der Waals surface area contributed by atoms with Gasteiger partial charge in [-0.25, -0.2) is 9.97 Å². The van der Waals surface area contributed by atoms with E-state index in [1.165, 1.54) is 12.4 Å². The van der Waals surface area contributed by atoms with Crippen molar-refractivity contribution in [1.82, 2.24) is 24.8 Å². The van der Waals surface area contributed by atoms with Gasteiger partial charge >= 0.3 is 0 Å². The third-order valence-corrected chi connectivity index (χ3v) is 4.66. The van der Waals surface area contributed by atoms with E-state index in [1.807, 2.05) is 37.3 Å². The molecule has 0 bridgehead atoms. The molecule has 0 N–H and O–H groups in total. The van der Waals surface area contributed by atoms with Gasteiger partial charge in [0.15, 0.2) is 5.82 Å². The van der Waals surface area contributed by atoms with Crippen LogP contribution in [0.5, 0.6) is 11.6 Å². The summed E-state index contributed by atoms with van der Waals surface area (Å²) in [6.07, 6.45) is 7.35. The minimum Gasteiger partial charge on any atom is -0.439 e. The third kappa shape index (κ3) is 3.98. The van der Waals surface area contributed by atoms with Gasteiger partial charge in [-0.1, -0.05) is 18.2 Å². The number of aryl methyl sites for hydroxylation is 1. The Labute approximate surface area is 163 Å². The van der Waals surface area contributed by atoms with Gasteiger partial charge in [0.25, 0.3) is 5.91 Å². The number of likely N-dealkylation sites (tertiary alicyclic amines) is 1. The van der Waals surface area contributed by atoms with Crippen molar-refractivity contribution >= 4 is 5.91 Å². The molecule has 142 valence electrons. The van der Waals surface area contributed by atoms with Gasteiger partial charge in [-0.05, 0) is 38.3 Å². The first kappa shape index (κ1) is 18.0. The Kier molecular flexibility index (Phi) is 5.23. The number of ether oxygens (including phenoxy) is 1. The number of carbonyl (C=O) groups is 1. The number of hydrogen-bond donors (Lipinski definition) is 0. The van der Waals surface area contributed by atoms with E-state index in [2.05, 4.69) is 19.9 Å². The molecule has 0 spiro atoms. The molecule has 1 saturated heterocycles. The molecule has 0 aliphatic carbocycles. The molecule has 1 aliphatic heterocycles. The highest BCUT2D eigenvalue weighted by molar-refractivity contribution is 5.92. The Bertz CT molecular complexity index is 950. The van der Waals surface area contributed by atoms with E-state index < -0.39 is 0 Å². The van der Waals surface area contributed by atoms with Crippen molar-refractivity contribution in [3.63, 3.8) is 0 Å². The zero-order valence-corrected chi connectivity index (χ0v) is 15.7. The van der Waals surface area contributed by atoms with E-state index in [1.54, 1.807) is 17.2 Å². The summed E-state index contributed by atoms with van der Waals surface area (Å²) in [5.41, 5.74) is 1.14. The summed E-state index contributed by atoms with van der Waals surface area (Å²) in [6.45, 7) is 2.55. The Morgan fingerprint density at radius 2 is 2.00 bits per heavy atom. The third-order valence-electron chi connectivity index (χ3n) is 4.66. The monoisotopic (exact) mass is 375 g/mol. The van der Waals surface area contributed by atoms with Crippen LogP contribution in [0, 0.1) is 6.92 Å². The van der Waals surface area contributed by atoms with Gasteiger partial charge in [0.05, 0.1) is 12.2 Å². The quantitative estimate of drug-likeness (QED) is 0.691. The largest absolute Gasteiger partial charge is 0.439 e. The van der Waals surface area contributed by atoms with Crippen molar-refractivity contribution in [2.24, 2.45) is 0 Å². The van der Waals surface area contributed by atoms with E-state index >= 15 is 0 Å². The number of hydrogen-bond acceptors (Lipinski definition) is 6. The van der Waals surface area contributed by atoms with Crippen LogP contribution < -0.4 is 4.74 Å². The highest BCUT2D eigenvalue weighted by Crippen LogP contribution is 2.31. The first-order valence-corrected chi connectivity index (χ1v) is 9.36. The van der Waals surface area contributed by atoms with Gasteiger partial charge in [-0.2, -0.15) is 4.98 Å². The molecule has 0 radical (unpaired) electrons. The number of aromatic nitrogens is 4. The zero-order valence-electron chi connectivity index (χ0n) is 15.7. The molecule has 3 aromatic rings. The molecular formula is C21H21N5O2. The number of amides is 1. The van der Waals surface area contributed by atoms with Crippen molar-refractivity contribution in [2.45, 2.75) is 32.2 Å². The van der Waals surface area contributed by atoms with Crippen LogP contribution in [0.25, 0.3) is 0 Å². The average molecular weight is 375 g/mol. The number of nitrogens with zero attached hydrogens (tertiary/aromatic N) is 5. The number of piperidine rings is 1. The van der Waals surface area contributed by atoms with Crippen molar-refractivity contribution in [3.8, 4) is 11.6 Å². The molecule has 2 aromatic heterocycles. The molecule has 4 rings (SSSR count). The lowest BCUT2D eigenvalue weighted by atomic mass is 10.0. The smallest absolute Gasteiger partial charge is 0.274 e. The van der Waals surface area contributed by atoms with Crippen molar-refractivity contribution in [1.29, 1.82) is 0 Å². The maximum Gasteiger partial charge on any atom is 0.274 e. The Morgan fingerprint density at radius 3 is 2.79 bits per heavy atom. The normalized spacial score (nSPS) is 16.6. The Hall–Kier alpha value is -3.35. The Morgan fingerprint density at radius 1 is 1.14 bits per heavy atom. The lowest BCUT2D eigenvalue weighted by Crippen LogP contribution is -2.39. The van der Waals surface area contributed by atoms with Gasteiger partial charge < -0.3 is 9.64 Å². The van der Waals surface area contributed by atoms with Gasteiger partial charge in [-0.3, -0.25) is 9.78 Å². The number of para-hydroxylation sites is 1. The van der Waals surface area contributed by atoms with E-state index in [-0.39, 0.29) is 11.9 Å². The molecular weight excluding hydrogens is 354 g/mol. The fourth-order valence-electron chi connectivity index (χ4n) is 3.37.